The maximum atomic E-state index is 14.2. The Balaban J connectivity index is 1.15. The van der Waals surface area contributed by atoms with Gasteiger partial charge in [0.05, 0.1) is 35.4 Å². The van der Waals surface area contributed by atoms with Gasteiger partial charge in [-0.25, -0.2) is 14.6 Å². The maximum Gasteiger partial charge on any atom is 0.510 e. The van der Waals surface area contributed by atoms with Gasteiger partial charge in [0.2, 0.25) is 23.3 Å². The number of rotatable bonds is 20. The van der Waals surface area contributed by atoms with Crippen LogP contribution in [0, 0.1) is 5.92 Å². The molecule has 4 heterocycles. The molecule has 3 amide bonds. The zero-order valence-corrected chi connectivity index (χ0v) is 38.2. The van der Waals surface area contributed by atoms with Crippen LogP contribution in [0.5, 0.6) is 0 Å². The molecule has 2 aromatic carbocycles. The number of aliphatic imine (C=N–C) groups is 1. The summed E-state index contributed by atoms with van der Waals surface area (Å²) in [5.41, 5.74) is 13.6. The van der Waals surface area contributed by atoms with Gasteiger partial charge in [-0.15, -0.1) is 0 Å². The van der Waals surface area contributed by atoms with Crippen LogP contribution in [-0.2, 0) is 70.0 Å². The number of nitrogens with one attached hydrogen (secondary N) is 3. The fourth-order valence-electron chi connectivity index (χ4n) is 8.15. The molecule has 20 heteroatoms. The molecule has 0 spiro atoms. The first kappa shape index (κ1) is 49.1. The van der Waals surface area contributed by atoms with Crippen LogP contribution in [0.1, 0.15) is 80.7 Å². The lowest BCUT2D eigenvalue weighted by Gasteiger charge is -2.35. The second-order valence-corrected chi connectivity index (χ2v) is 17.1. The Morgan fingerprint density at radius 2 is 1.73 bits per heavy atom. The molecule has 3 atom stereocenters. The molecule has 8 N–H and O–H groups in total. The molecule has 20 nitrogen and oxygen atoms in total. The van der Waals surface area contributed by atoms with Gasteiger partial charge in [-0.3, -0.25) is 29.0 Å². The summed E-state index contributed by atoms with van der Waals surface area (Å²) in [6.45, 7) is 5.68. The molecule has 0 aliphatic carbocycles. The summed E-state index contributed by atoms with van der Waals surface area (Å²) in [6, 6.07) is 13.6. The van der Waals surface area contributed by atoms with Gasteiger partial charge >= 0.3 is 18.1 Å². The zero-order chi connectivity index (χ0) is 48.6. The number of amides is 3. The Morgan fingerprint density at radius 1 is 1.00 bits per heavy atom. The van der Waals surface area contributed by atoms with E-state index >= 15 is 0 Å². The minimum Gasteiger partial charge on any atom is -0.481 e. The summed E-state index contributed by atoms with van der Waals surface area (Å²) in [5, 5.41) is 17.9. The number of carbonyl (C=O) groups is 6. The van der Waals surface area contributed by atoms with E-state index in [1.807, 2.05) is 38.4 Å². The Hall–Kier alpha value is -7.35. The topological polar surface area (TPSA) is 289 Å². The molecule has 6 rings (SSSR count). The number of aliphatic carboxylic acids is 1. The highest BCUT2D eigenvalue weighted by molar-refractivity contribution is 5.98. The SMILES string of the molecule is CC[C@@]1(OC(=O)OCc2ccc(NC(=O)[C@H](CCCN=C(N)N)NC(=O)[C@@H](NC(=O)CCC(=O)O)C(C)C)cc2)C(=O)OCc2c1cc1n(c2=O)Cc2c-1nc1ccccc1c2CCN(C)C. The van der Waals surface area contributed by atoms with Crippen molar-refractivity contribution in [3.8, 4) is 11.4 Å². The first-order valence-corrected chi connectivity index (χ1v) is 22.0. The van der Waals surface area contributed by atoms with Crippen molar-refractivity contribution < 1.29 is 48.1 Å². The number of nitrogens with zero attached hydrogens (tertiary/aromatic N) is 4. The second kappa shape index (κ2) is 21.3. The van der Waals surface area contributed by atoms with Crippen LogP contribution >= 0.6 is 0 Å². The van der Waals surface area contributed by atoms with Gasteiger partial charge < -0.3 is 56.2 Å². The van der Waals surface area contributed by atoms with E-state index in [1.165, 1.54) is 0 Å². The zero-order valence-electron chi connectivity index (χ0n) is 38.2. The van der Waals surface area contributed by atoms with Crippen LogP contribution in [0.25, 0.3) is 22.3 Å². The van der Waals surface area contributed by atoms with E-state index in [4.69, 9.17) is 35.8 Å². The summed E-state index contributed by atoms with van der Waals surface area (Å²) in [6.07, 6.45) is -0.835. The van der Waals surface area contributed by atoms with Crippen molar-refractivity contribution in [3.63, 3.8) is 0 Å². The van der Waals surface area contributed by atoms with Gasteiger partial charge in [-0.2, -0.15) is 0 Å². The Morgan fingerprint density at radius 3 is 2.40 bits per heavy atom. The minimum atomic E-state index is -1.99. The quantitative estimate of drug-likeness (QED) is 0.0283. The van der Waals surface area contributed by atoms with E-state index in [0.29, 0.717) is 29.1 Å². The molecule has 356 valence electrons. The van der Waals surface area contributed by atoms with E-state index < -0.39 is 65.8 Å². The number of guanidine groups is 1. The van der Waals surface area contributed by atoms with Gasteiger partial charge in [0, 0.05) is 41.7 Å². The molecule has 2 aliphatic heterocycles. The third kappa shape index (κ3) is 11.4. The number of carboxylic acids is 1. The van der Waals surface area contributed by atoms with E-state index in [9.17, 15) is 33.6 Å². The van der Waals surface area contributed by atoms with E-state index in [1.54, 1.807) is 55.7 Å². The normalized spacial score (nSPS) is 15.7. The molecule has 0 fully saturated rings. The molecule has 0 radical (unpaired) electrons. The maximum absolute atomic E-state index is 14.2. The number of hydrogen-bond donors (Lipinski definition) is 6. The van der Waals surface area contributed by atoms with Gasteiger partial charge in [0.1, 0.15) is 25.3 Å². The van der Waals surface area contributed by atoms with Crippen molar-refractivity contribution in [1.82, 2.24) is 25.1 Å². The minimum absolute atomic E-state index is 0.0629. The van der Waals surface area contributed by atoms with Crippen molar-refractivity contribution in [2.45, 2.75) is 96.7 Å². The number of carbonyl (C=O) groups excluding carboxylic acids is 5. The molecule has 2 aliphatic rings. The number of para-hydroxylation sites is 1. The molecular weight excluding hydrogens is 867 g/mol. The first-order valence-electron chi connectivity index (χ1n) is 22.0. The molecule has 0 saturated heterocycles. The van der Waals surface area contributed by atoms with Gasteiger partial charge in [0.15, 0.2) is 5.96 Å². The van der Waals surface area contributed by atoms with Crippen molar-refractivity contribution in [1.29, 1.82) is 0 Å². The molecule has 0 bridgehead atoms. The summed E-state index contributed by atoms with van der Waals surface area (Å²) < 4.78 is 18.5. The highest BCUT2D eigenvalue weighted by atomic mass is 16.7. The van der Waals surface area contributed by atoms with Crippen LogP contribution in [0.15, 0.2) is 64.4 Å². The number of pyridine rings is 2. The fraction of sp³-hybridized carbons (Fsp3) is 0.426. The van der Waals surface area contributed by atoms with Crippen LogP contribution in [-0.4, -0.2) is 101 Å². The predicted octanol–water partition coefficient (Wildman–Crippen LogP) is 3.03. The third-order valence-electron chi connectivity index (χ3n) is 11.7. The number of benzene rings is 2. The molecular formula is C47H57N9O11. The number of cyclic esters (lactones) is 1. The van der Waals surface area contributed by atoms with Gasteiger partial charge in [0.25, 0.3) is 5.56 Å². The lowest BCUT2D eigenvalue weighted by molar-refractivity contribution is -0.175. The van der Waals surface area contributed by atoms with Crippen LogP contribution in [0.4, 0.5) is 10.5 Å². The van der Waals surface area contributed by atoms with Crippen LogP contribution in [0.3, 0.4) is 0 Å². The molecule has 67 heavy (non-hydrogen) atoms. The highest BCUT2D eigenvalue weighted by Crippen LogP contribution is 2.42. The number of nitrogens with two attached hydrogens (primary N) is 2. The number of ether oxygens (including phenoxy) is 3. The predicted molar refractivity (Wildman–Crippen MR) is 246 cm³/mol. The van der Waals surface area contributed by atoms with E-state index in [2.05, 4.69) is 25.8 Å². The number of fused-ring (bicyclic) bond motifs is 5. The monoisotopic (exact) mass is 923 g/mol. The summed E-state index contributed by atoms with van der Waals surface area (Å²) >= 11 is 0. The average molecular weight is 924 g/mol. The lowest BCUT2D eigenvalue weighted by atomic mass is 9.85. The van der Waals surface area contributed by atoms with Crippen molar-refractivity contribution in [3.05, 3.63) is 92.8 Å². The smallest absolute Gasteiger partial charge is 0.481 e. The average Bonchev–Trinajstić information content (AvgIpc) is 3.66. The number of likely N-dealkylation sites (N-methyl/N-ethyl adjacent to an activating group) is 1. The summed E-state index contributed by atoms with van der Waals surface area (Å²) in [7, 11) is 4.00. The Labute approximate surface area is 386 Å². The number of aromatic nitrogens is 2. The molecule has 2 aromatic heterocycles. The first-order chi connectivity index (χ1) is 31.9. The van der Waals surface area contributed by atoms with E-state index in [-0.39, 0.29) is 68.2 Å². The van der Waals surface area contributed by atoms with Crippen molar-refractivity contribution in [2.24, 2.45) is 22.4 Å². The number of carboxylic acid groups (broad SMARTS) is 1. The van der Waals surface area contributed by atoms with Gasteiger partial charge in [-0.05, 0) is 81.1 Å². The third-order valence-corrected chi connectivity index (χ3v) is 11.7. The number of esters is 1. The molecule has 0 saturated carbocycles. The summed E-state index contributed by atoms with van der Waals surface area (Å²) in [5.74, 6) is -4.40. The van der Waals surface area contributed by atoms with Crippen LogP contribution in [0.2, 0.25) is 0 Å². The summed E-state index contributed by atoms with van der Waals surface area (Å²) in [4.78, 5) is 103. The fourth-order valence-corrected chi connectivity index (χ4v) is 8.15. The standard InChI is InChI=1S/C47H57N9O11/c1-6-47(33-22-36-40-31(23-56(36)43(62)32(33)25-65-44(47)63)29(19-21-55(4)5)30-10-7-8-11-34(30)52-40)67-46(64)66-24-27-13-15-28(16-14-27)51-41(60)35(12-9-20-50-45(48)49)53-42(61)39(26(2)3)54-37(57)17-18-38(58)59/h7-8,10-11,13-16,22,26,35,39H,6,9,12,17-21,23-25H2,1-5H3,(H,51,60)(H,53,61)(H,54,57)(H,58,59)(H4,48,49,50)/t35-,39-,47-/m0/s1. The van der Waals surface area contributed by atoms with E-state index in [0.717, 1.165) is 35.0 Å². The highest BCUT2D eigenvalue weighted by Gasteiger charge is 2.51. The molecule has 4 aromatic rings. The largest absolute Gasteiger partial charge is 0.510 e. The van der Waals surface area contributed by atoms with Crippen LogP contribution < -0.4 is 33.0 Å². The second-order valence-electron chi connectivity index (χ2n) is 17.1. The Kier molecular flexibility index (Phi) is 15.6. The van der Waals surface area contributed by atoms with Crippen molar-refractivity contribution >= 4 is 58.4 Å². The molecule has 0 unspecified atom stereocenters. The lowest BCUT2D eigenvalue weighted by Crippen LogP contribution is -2.54. The number of anilines is 1. The number of hydrogen-bond acceptors (Lipinski definition) is 13. The van der Waals surface area contributed by atoms with Crippen molar-refractivity contribution in [2.75, 3.05) is 32.5 Å². The van der Waals surface area contributed by atoms with Gasteiger partial charge in [-0.1, -0.05) is 51.1 Å². The Bertz CT molecular complexity index is 2640.